The van der Waals surface area contributed by atoms with E-state index < -0.39 is 24.0 Å². The monoisotopic (exact) mass is 586 g/mol. The number of hydrogen-bond acceptors (Lipinski definition) is 6. The van der Waals surface area contributed by atoms with Crippen LogP contribution in [0.3, 0.4) is 0 Å². The average Bonchev–Trinajstić information content (AvgIpc) is 3.53. The van der Waals surface area contributed by atoms with Crippen molar-refractivity contribution >= 4 is 83.3 Å². The molecular weight excluding hydrogens is 552 g/mol. The summed E-state index contributed by atoms with van der Waals surface area (Å²) in [5.41, 5.74) is 3.59. The molecule has 0 aliphatic rings. The van der Waals surface area contributed by atoms with Crippen LogP contribution in [0.25, 0.3) is 21.8 Å². The predicted molar refractivity (Wildman–Crippen MR) is 153 cm³/mol. The van der Waals surface area contributed by atoms with Crippen LogP contribution in [0.4, 0.5) is 0 Å². The maximum Gasteiger partial charge on any atom is 2.00 e. The van der Waals surface area contributed by atoms with E-state index in [0.29, 0.717) is 25.7 Å². The van der Waals surface area contributed by atoms with Crippen molar-refractivity contribution in [2.24, 2.45) is 0 Å². The molecule has 4 rings (SSSR count). The van der Waals surface area contributed by atoms with E-state index in [2.05, 4.69) is 20.6 Å². The molecule has 4 aromatic rings. The molecule has 212 valence electrons. The molecule has 2 aromatic heterocycles. The molecule has 0 saturated heterocycles. The summed E-state index contributed by atoms with van der Waals surface area (Å²) in [7, 11) is 0. The second kappa shape index (κ2) is 16.8. The van der Waals surface area contributed by atoms with Gasteiger partial charge in [-0.15, -0.1) is 0 Å². The molecule has 11 heteroatoms. The number of carboxylic acid groups (broad SMARTS) is 2. The van der Waals surface area contributed by atoms with Crippen molar-refractivity contribution in [3.63, 3.8) is 0 Å². The summed E-state index contributed by atoms with van der Waals surface area (Å²) in [5, 5.41) is 29.3. The Labute approximate surface area is 268 Å². The van der Waals surface area contributed by atoms with Gasteiger partial charge in [0.15, 0.2) is 0 Å². The Morgan fingerprint density at radius 2 is 1.05 bits per heavy atom. The van der Waals surface area contributed by atoms with Crippen LogP contribution in [0.5, 0.6) is 0 Å². The number of hydrogen-bond donors (Lipinski definition) is 4. The third-order valence-corrected chi connectivity index (χ3v) is 6.39. The molecule has 2 heterocycles. The van der Waals surface area contributed by atoms with Gasteiger partial charge in [-0.1, -0.05) is 50.2 Å². The molecule has 4 N–H and O–H groups in total. The Balaban J connectivity index is 0.000000280. The van der Waals surface area contributed by atoms with E-state index in [1.807, 2.05) is 62.4 Å². The number of carbonyl (C=O) groups is 4. The van der Waals surface area contributed by atoms with E-state index in [-0.39, 0.29) is 62.4 Å². The first-order valence-electron chi connectivity index (χ1n) is 13.3. The number of nitrogens with one attached hydrogen (secondary N) is 4. The molecule has 0 saturated carbocycles. The first-order chi connectivity index (χ1) is 19.2. The average molecular weight is 587 g/mol. The molecule has 10 nitrogen and oxygen atoms in total. The van der Waals surface area contributed by atoms with E-state index in [1.165, 1.54) is 0 Å². The molecule has 0 aliphatic carbocycles. The van der Waals surface area contributed by atoms with E-state index in [4.69, 9.17) is 0 Å². The third-order valence-electron chi connectivity index (χ3n) is 6.39. The van der Waals surface area contributed by atoms with Gasteiger partial charge < -0.3 is 40.4 Å². The van der Waals surface area contributed by atoms with Gasteiger partial charge in [-0.2, -0.15) is 0 Å². The molecule has 2 amide bonds. The summed E-state index contributed by atoms with van der Waals surface area (Å²) in [4.78, 5) is 51.6. The van der Waals surface area contributed by atoms with Crippen molar-refractivity contribution in [3.8, 4) is 0 Å². The normalized spacial score (nSPS) is 12.0. The van der Waals surface area contributed by atoms with Crippen molar-refractivity contribution in [2.45, 2.75) is 64.5 Å². The minimum atomic E-state index is -1.26. The summed E-state index contributed by atoms with van der Waals surface area (Å²) >= 11 is 0. The number of carbonyl (C=O) groups excluding carboxylic acids is 4. The van der Waals surface area contributed by atoms with Crippen LogP contribution in [-0.2, 0) is 32.0 Å². The Morgan fingerprint density at radius 1 is 0.683 bits per heavy atom. The number of fused-ring (bicyclic) bond motifs is 2. The molecule has 0 aliphatic heterocycles. The van der Waals surface area contributed by atoms with Crippen LogP contribution in [0.1, 0.15) is 50.7 Å². The second-order valence-electron chi connectivity index (χ2n) is 9.51. The van der Waals surface area contributed by atoms with Gasteiger partial charge in [0.25, 0.3) is 0 Å². The number of aliphatic carboxylic acids is 2. The van der Waals surface area contributed by atoms with Crippen LogP contribution >= 0.6 is 0 Å². The second-order valence-corrected chi connectivity index (χ2v) is 9.51. The SMILES string of the molecule is CCCC(=O)N[C@@H](Cc1c[nH]c2ccccc12)C(=O)[O-].CCCC(=O)N[C@@H](Cc1c[nH]c2ccccc12)C(=O)[O-].[Ca+2]. The topological polar surface area (TPSA) is 170 Å². The van der Waals surface area contributed by atoms with E-state index in [0.717, 1.165) is 32.9 Å². The zero-order valence-corrected chi connectivity index (χ0v) is 25.5. The maximum absolute atomic E-state index is 11.5. The van der Waals surface area contributed by atoms with Crippen molar-refractivity contribution in [2.75, 3.05) is 0 Å². The number of aromatic nitrogens is 2. The zero-order valence-electron chi connectivity index (χ0n) is 23.3. The summed E-state index contributed by atoms with van der Waals surface area (Å²) < 4.78 is 0. The first kappa shape index (κ1) is 33.9. The molecule has 0 spiro atoms. The fraction of sp³-hybridized carbons (Fsp3) is 0.333. The van der Waals surface area contributed by atoms with Crippen molar-refractivity contribution in [3.05, 3.63) is 72.1 Å². The Bertz CT molecular complexity index is 1350. The van der Waals surface area contributed by atoms with Gasteiger partial charge >= 0.3 is 37.7 Å². The predicted octanol–water partition coefficient (Wildman–Crippen LogP) is 1.11. The zero-order chi connectivity index (χ0) is 29.1. The Kier molecular flexibility index (Phi) is 13.9. The number of rotatable bonds is 12. The van der Waals surface area contributed by atoms with Crippen molar-refractivity contribution in [1.29, 1.82) is 0 Å². The van der Waals surface area contributed by atoms with Crippen LogP contribution in [0, 0.1) is 0 Å². The van der Waals surface area contributed by atoms with Gasteiger partial charge in [0, 0.05) is 59.9 Å². The van der Waals surface area contributed by atoms with Crippen LogP contribution in [-0.4, -0.2) is 83.5 Å². The van der Waals surface area contributed by atoms with Crippen molar-refractivity contribution < 1.29 is 29.4 Å². The van der Waals surface area contributed by atoms with Crippen molar-refractivity contribution in [1.82, 2.24) is 20.6 Å². The molecule has 0 fully saturated rings. The van der Waals surface area contributed by atoms with Gasteiger partial charge in [0.05, 0.1) is 24.0 Å². The number of aromatic amines is 2. The van der Waals surface area contributed by atoms with Gasteiger partial charge in [-0.05, 0) is 36.1 Å². The number of para-hydroxylation sites is 2. The number of carboxylic acids is 2. The minimum Gasteiger partial charge on any atom is -0.548 e. The molecule has 2 aromatic carbocycles. The maximum atomic E-state index is 11.5. The van der Waals surface area contributed by atoms with Gasteiger partial charge in [-0.25, -0.2) is 0 Å². The van der Waals surface area contributed by atoms with Gasteiger partial charge in [0.1, 0.15) is 0 Å². The summed E-state index contributed by atoms with van der Waals surface area (Å²) in [6, 6.07) is 13.3. The molecular formula is C30H34CaN4O6. The summed E-state index contributed by atoms with van der Waals surface area (Å²) in [6.07, 6.45) is 5.95. The first-order valence-corrected chi connectivity index (χ1v) is 13.3. The fourth-order valence-corrected chi connectivity index (χ4v) is 4.41. The van der Waals surface area contributed by atoms with Crippen LogP contribution in [0.15, 0.2) is 60.9 Å². The van der Waals surface area contributed by atoms with Gasteiger partial charge in [0.2, 0.25) is 11.8 Å². The van der Waals surface area contributed by atoms with E-state index >= 15 is 0 Å². The van der Waals surface area contributed by atoms with Gasteiger partial charge in [-0.3, -0.25) is 9.59 Å². The quantitative estimate of drug-likeness (QED) is 0.181. The Morgan fingerprint density at radius 3 is 1.39 bits per heavy atom. The smallest absolute Gasteiger partial charge is 0.548 e. The third kappa shape index (κ3) is 9.91. The summed E-state index contributed by atoms with van der Waals surface area (Å²) in [6.45, 7) is 3.74. The molecule has 0 bridgehead atoms. The minimum absolute atomic E-state index is 0. The molecule has 2 atom stereocenters. The molecule has 0 radical (unpaired) electrons. The van der Waals surface area contributed by atoms with E-state index in [9.17, 15) is 29.4 Å². The standard InChI is InChI=1S/2C15H18N2O3.Ca/c2*1-2-5-14(18)17-13(15(19)20)8-10-9-16-12-7-4-3-6-11(10)12;/h2*3-4,6-7,9,13,16H,2,5,8H2,1H3,(H,17,18)(H,19,20);/q;;+2/p-2/t2*13-;/m00./s1. The largest absolute Gasteiger partial charge is 2.00 e. The number of H-pyrrole nitrogens is 2. The van der Waals surface area contributed by atoms with Crippen LogP contribution in [0.2, 0.25) is 0 Å². The number of amides is 2. The number of benzene rings is 2. The fourth-order valence-electron chi connectivity index (χ4n) is 4.41. The van der Waals surface area contributed by atoms with E-state index in [1.54, 1.807) is 12.4 Å². The molecule has 0 unspecified atom stereocenters. The Hall–Kier alpha value is -3.34. The molecule has 41 heavy (non-hydrogen) atoms. The van der Waals surface area contributed by atoms with Crippen LogP contribution < -0.4 is 20.8 Å². The summed E-state index contributed by atoms with van der Waals surface area (Å²) in [5.74, 6) is -3.05.